The standard InChI is InChI=1S/C24H34N4O2.HI/c1-4-6-15-30-22-12-8-10-20(17-22)18-28-24(26-5-2)27-14-13-19-9-7-11-21(16-19)23(29)25-3;/h7-12,16-17H,4-6,13-15,18H2,1-3H3,(H,25,29)(H2,26,27,28);1H. The van der Waals surface area contributed by atoms with E-state index in [0.29, 0.717) is 12.1 Å². The van der Waals surface area contributed by atoms with E-state index in [1.54, 1.807) is 7.05 Å². The van der Waals surface area contributed by atoms with Gasteiger partial charge in [0.15, 0.2) is 5.96 Å². The molecule has 2 aromatic carbocycles. The Kier molecular flexibility index (Phi) is 13.4. The van der Waals surface area contributed by atoms with E-state index < -0.39 is 0 Å². The zero-order valence-electron chi connectivity index (χ0n) is 18.7. The van der Waals surface area contributed by atoms with Gasteiger partial charge in [-0.25, -0.2) is 4.99 Å². The lowest BCUT2D eigenvalue weighted by molar-refractivity contribution is 0.0963. The SMILES string of the molecule is CCCCOc1cccc(CN=C(NCC)NCCc2cccc(C(=O)NC)c2)c1.I. The molecule has 0 saturated carbocycles. The second-order valence-electron chi connectivity index (χ2n) is 7.00. The van der Waals surface area contributed by atoms with Crippen LogP contribution in [0, 0.1) is 0 Å². The number of nitrogens with zero attached hydrogens (tertiary/aromatic N) is 1. The molecule has 6 nitrogen and oxygen atoms in total. The first-order valence-corrected chi connectivity index (χ1v) is 10.7. The van der Waals surface area contributed by atoms with E-state index in [9.17, 15) is 4.79 Å². The summed E-state index contributed by atoms with van der Waals surface area (Å²) in [6.45, 7) is 7.04. The summed E-state index contributed by atoms with van der Waals surface area (Å²) in [7, 11) is 1.64. The molecule has 170 valence electrons. The molecule has 3 N–H and O–H groups in total. The highest BCUT2D eigenvalue weighted by Gasteiger charge is 2.04. The molecule has 31 heavy (non-hydrogen) atoms. The highest BCUT2D eigenvalue weighted by atomic mass is 127. The molecule has 0 aliphatic rings. The van der Waals surface area contributed by atoms with Crippen molar-refractivity contribution in [3.8, 4) is 5.75 Å². The number of hydrogen-bond donors (Lipinski definition) is 3. The Morgan fingerprint density at radius 2 is 1.81 bits per heavy atom. The molecular formula is C24H35IN4O2. The normalized spacial score (nSPS) is 10.7. The van der Waals surface area contributed by atoms with Crippen molar-refractivity contribution in [3.05, 3.63) is 65.2 Å². The summed E-state index contributed by atoms with van der Waals surface area (Å²) >= 11 is 0. The van der Waals surface area contributed by atoms with Crippen LogP contribution in [0.1, 0.15) is 48.2 Å². The molecule has 0 atom stereocenters. The average Bonchev–Trinajstić information content (AvgIpc) is 2.77. The molecule has 0 aromatic heterocycles. The zero-order valence-corrected chi connectivity index (χ0v) is 21.1. The number of ether oxygens (including phenoxy) is 1. The number of guanidine groups is 1. The van der Waals surface area contributed by atoms with Gasteiger partial charge in [0.25, 0.3) is 5.91 Å². The fourth-order valence-corrected chi connectivity index (χ4v) is 2.92. The van der Waals surface area contributed by atoms with E-state index >= 15 is 0 Å². The van der Waals surface area contributed by atoms with E-state index in [1.165, 1.54) is 0 Å². The molecule has 0 aliphatic heterocycles. The number of benzene rings is 2. The van der Waals surface area contributed by atoms with Crippen LogP contribution in [0.4, 0.5) is 0 Å². The summed E-state index contributed by atoms with van der Waals surface area (Å²) in [5.41, 5.74) is 2.90. The van der Waals surface area contributed by atoms with Crippen molar-refractivity contribution >= 4 is 35.8 Å². The molecule has 0 spiro atoms. The fraction of sp³-hybridized carbons (Fsp3) is 0.417. The van der Waals surface area contributed by atoms with Gasteiger partial charge in [0.1, 0.15) is 5.75 Å². The molecule has 0 radical (unpaired) electrons. The number of rotatable bonds is 11. The van der Waals surface area contributed by atoms with Crippen molar-refractivity contribution < 1.29 is 9.53 Å². The number of carbonyl (C=O) groups is 1. The smallest absolute Gasteiger partial charge is 0.251 e. The molecule has 0 bridgehead atoms. The number of unbranched alkanes of at least 4 members (excludes halogenated alkanes) is 1. The summed E-state index contributed by atoms with van der Waals surface area (Å²) in [6.07, 6.45) is 2.98. The van der Waals surface area contributed by atoms with Crippen LogP contribution < -0.4 is 20.7 Å². The summed E-state index contributed by atoms with van der Waals surface area (Å²) in [6, 6.07) is 15.8. The van der Waals surface area contributed by atoms with Crippen LogP contribution in [-0.2, 0) is 13.0 Å². The Morgan fingerprint density at radius 3 is 2.55 bits per heavy atom. The van der Waals surface area contributed by atoms with Crippen LogP contribution >= 0.6 is 24.0 Å². The van der Waals surface area contributed by atoms with Gasteiger partial charge in [-0.3, -0.25) is 4.79 Å². The van der Waals surface area contributed by atoms with Crippen LogP contribution in [0.5, 0.6) is 5.75 Å². The van der Waals surface area contributed by atoms with Gasteiger partial charge in [-0.1, -0.05) is 37.6 Å². The molecule has 0 saturated heterocycles. The van der Waals surface area contributed by atoms with E-state index in [4.69, 9.17) is 4.74 Å². The highest BCUT2D eigenvalue weighted by molar-refractivity contribution is 14.0. The molecule has 1 amide bonds. The maximum absolute atomic E-state index is 11.8. The van der Waals surface area contributed by atoms with Crippen LogP contribution in [0.15, 0.2) is 53.5 Å². The quantitative estimate of drug-likeness (QED) is 0.174. The van der Waals surface area contributed by atoms with Crippen molar-refractivity contribution in [2.24, 2.45) is 4.99 Å². The van der Waals surface area contributed by atoms with Gasteiger partial charge in [-0.15, -0.1) is 24.0 Å². The predicted octanol–water partition coefficient (Wildman–Crippen LogP) is 4.14. The number of amides is 1. The summed E-state index contributed by atoms with van der Waals surface area (Å²) in [4.78, 5) is 16.5. The molecule has 0 aliphatic carbocycles. The first-order valence-electron chi connectivity index (χ1n) is 10.7. The lowest BCUT2D eigenvalue weighted by atomic mass is 10.1. The summed E-state index contributed by atoms with van der Waals surface area (Å²) in [5.74, 6) is 1.60. The number of halogens is 1. The third-order valence-corrected chi connectivity index (χ3v) is 4.55. The average molecular weight is 538 g/mol. The van der Waals surface area contributed by atoms with E-state index in [2.05, 4.69) is 33.9 Å². The Balaban J connectivity index is 0.00000480. The van der Waals surface area contributed by atoms with Crippen molar-refractivity contribution in [3.63, 3.8) is 0 Å². The number of nitrogens with one attached hydrogen (secondary N) is 3. The van der Waals surface area contributed by atoms with Crippen molar-refractivity contribution in [1.82, 2.24) is 16.0 Å². The Hall–Kier alpha value is -2.29. The Morgan fingerprint density at radius 1 is 1.03 bits per heavy atom. The maximum atomic E-state index is 11.8. The van der Waals surface area contributed by atoms with E-state index in [-0.39, 0.29) is 29.9 Å². The van der Waals surface area contributed by atoms with Gasteiger partial charge >= 0.3 is 0 Å². The van der Waals surface area contributed by atoms with Gasteiger partial charge in [0.2, 0.25) is 0 Å². The number of carbonyl (C=O) groups excluding carboxylic acids is 1. The summed E-state index contributed by atoms with van der Waals surface area (Å²) in [5, 5.41) is 9.30. The minimum absolute atomic E-state index is 0. The molecule has 0 fully saturated rings. The molecule has 0 heterocycles. The minimum atomic E-state index is -0.0689. The van der Waals surface area contributed by atoms with Crippen LogP contribution in [-0.4, -0.2) is 38.6 Å². The number of hydrogen-bond acceptors (Lipinski definition) is 3. The Labute approximate surface area is 203 Å². The number of aliphatic imine (C=N–C) groups is 1. The van der Waals surface area contributed by atoms with Crippen LogP contribution in [0.2, 0.25) is 0 Å². The predicted molar refractivity (Wildman–Crippen MR) is 139 cm³/mol. The van der Waals surface area contributed by atoms with Crippen molar-refractivity contribution in [1.29, 1.82) is 0 Å². The third-order valence-electron chi connectivity index (χ3n) is 4.55. The molecule has 0 unspecified atom stereocenters. The van der Waals surface area contributed by atoms with Gasteiger partial charge in [-0.2, -0.15) is 0 Å². The van der Waals surface area contributed by atoms with Crippen molar-refractivity contribution in [2.45, 2.75) is 39.7 Å². The largest absolute Gasteiger partial charge is 0.494 e. The van der Waals surface area contributed by atoms with Crippen LogP contribution in [0.3, 0.4) is 0 Å². The second kappa shape index (κ2) is 15.5. The second-order valence-corrected chi connectivity index (χ2v) is 7.00. The lowest BCUT2D eigenvalue weighted by Gasteiger charge is -2.12. The topological polar surface area (TPSA) is 74.8 Å². The first kappa shape index (κ1) is 26.7. The lowest BCUT2D eigenvalue weighted by Crippen LogP contribution is -2.38. The monoisotopic (exact) mass is 538 g/mol. The minimum Gasteiger partial charge on any atom is -0.494 e. The molecular weight excluding hydrogens is 503 g/mol. The zero-order chi connectivity index (χ0) is 21.6. The van der Waals surface area contributed by atoms with Gasteiger partial charge in [0, 0.05) is 25.7 Å². The van der Waals surface area contributed by atoms with Gasteiger partial charge in [-0.05, 0) is 55.2 Å². The van der Waals surface area contributed by atoms with E-state index in [0.717, 1.165) is 61.8 Å². The summed E-state index contributed by atoms with van der Waals surface area (Å²) < 4.78 is 5.78. The fourth-order valence-electron chi connectivity index (χ4n) is 2.92. The van der Waals surface area contributed by atoms with Crippen molar-refractivity contribution in [2.75, 3.05) is 26.7 Å². The maximum Gasteiger partial charge on any atom is 0.251 e. The highest BCUT2D eigenvalue weighted by Crippen LogP contribution is 2.14. The van der Waals surface area contributed by atoms with Crippen LogP contribution in [0.25, 0.3) is 0 Å². The molecule has 2 rings (SSSR count). The third kappa shape index (κ3) is 10.0. The van der Waals surface area contributed by atoms with E-state index in [1.807, 2.05) is 49.4 Å². The first-order chi connectivity index (χ1) is 14.7. The molecule has 2 aromatic rings. The molecule has 7 heteroatoms. The van der Waals surface area contributed by atoms with Gasteiger partial charge in [0.05, 0.1) is 13.2 Å². The Bertz CT molecular complexity index is 827. The van der Waals surface area contributed by atoms with Gasteiger partial charge < -0.3 is 20.7 Å².